The summed E-state index contributed by atoms with van der Waals surface area (Å²) in [7, 11) is 0. The number of Topliss-reactive ketones (excluding diaryl/α,β-unsaturated/α-hetero) is 1. The molecule has 0 aliphatic heterocycles. The quantitative estimate of drug-likeness (QED) is 0.636. The standard InChI is InChI=1S/C10H15NO/c1-2-5-9(11)10(12)8-6-3-4-7-8/h1,8-9H,3-7,11H2. The van der Waals surface area contributed by atoms with Crippen molar-refractivity contribution in [3.8, 4) is 12.3 Å². The zero-order chi connectivity index (χ0) is 8.97. The predicted octanol–water partition coefficient (Wildman–Crippen LogP) is 1.10. The molecule has 0 aromatic rings. The van der Waals surface area contributed by atoms with Gasteiger partial charge in [-0.05, 0) is 12.8 Å². The van der Waals surface area contributed by atoms with Crippen LogP contribution in [-0.2, 0) is 4.79 Å². The van der Waals surface area contributed by atoms with Gasteiger partial charge >= 0.3 is 0 Å². The third-order valence-electron chi connectivity index (χ3n) is 2.46. The minimum atomic E-state index is -0.418. The van der Waals surface area contributed by atoms with Crippen LogP contribution in [0, 0.1) is 18.3 Å². The predicted molar refractivity (Wildman–Crippen MR) is 48.4 cm³/mol. The van der Waals surface area contributed by atoms with Crippen LogP contribution in [0.2, 0.25) is 0 Å². The number of carbonyl (C=O) groups is 1. The van der Waals surface area contributed by atoms with E-state index in [2.05, 4.69) is 5.92 Å². The molecule has 0 saturated heterocycles. The summed E-state index contributed by atoms with van der Waals surface area (Å²) < 4.78 is 0. The Morgan fingerprint density at radius 3 is 2.67 bits per heavy atom. The van der Waals surface area contributed by atoms with Crippen LogP contribution in [0.25, 0.3) is 0 Å². The van der Waals surface area contributed by atoms with E-state index in [-0.39, 0.29) is 11.7 Å². The smallest absolute Gasteiger partial charge is 0.153 e. The van der Waals surface area contributed by atoms with Crippen LogP contribution < -0.4 is 5.73 Å². The van der Waals surface area contributed by atoms with E-state index in [0.29, 0.717) is 6.42 Å². The van der Waals surface area contributed by atoms with E-state index in [9.17, 15) is 4.79 Å². The lowest BCUT2D eigenvalue weighted by molar-refractivity contribution is -0.123. The number of rotatable bonds is 3. The molecule has 0 aromatic carbocycles. The highest BCUT2D eigenvalue weighted by Crippen LogP contribution is 2.26. The van der Waals surface area contributed by atoms with Crippen molar-refractivity contribution in [1.82, 2.24) is 0 Å². The Labute approximate surface area is 73.5 Å². The molecular weight excluding hydrogens is 150 g/mol. The van der Waals surface area contributed by atoms with E-state index in [1.165, 1.54) is 12.8 Å². The minimum absolute atomic E-state index is 0.172. The molecule has 2 N–H and O–H groups in total. The van der Waals surface area contributed by atoms with Gasteiger partial charge in [-0.3, -0.25) is 4.79 Å². The molecule has 0 heterocycles. The van der Waals surface area contributed by atoms with Crippen LogP contribution in [0.3, 0.4) is 0 Å². The highest BCUT2D eigenvalue weighted by Gasteiger charge is 2.26. The highest BCUT2D eigenvalue weighted by molar-refractivity contribution is 5.86. The van der Waals surface area contributed by atoms with Crippen LogP contribution in [-0.4, -0.2) is 11.8 Å². The van der Waals surface area contributed by atoms with Crippen molar-refractivity contribution in [2.24, 2.45) is 11.7 Å². The number of carbonyl (C=O) groups excluding carboxylic acids is 1. The van der Waals surface area contributed by atoms with Crippen LogP contribution in [0.4, 0.5) is 0 Å². The Morgan fingerprint density at radius 1 is 1.58 bits per heavy atom. The molecular formula is C10H15NO. The van der Waals surface area contributed by atoms with Gasteiger partial charge in [-0.1, -0.05) is 12.8 Å². The first-order valence-electron chi connectivity index (χ1n) is 4.48. The van der Waals surface area contributed by atoms with Gasteiger partial charge in [-0.15, -0.1) is 12.3 Å². The van der Waals surface area contributed by atoms with Gasteiger partial charge < -0.3 is 5.73 Å². The Morgan fingerprint density at radius 2 is 2.17 bits per heavy atom. The summed E-state index contributed by atoms with van der Waals surface area (Å²) in [5, 5.41) is 0. The van der Waals surface area contributed by atoms with Gasteiger partial charge in [0.1, 0.15) is 0 Å². The lowest BCUT2D eigenvalue weighted by atomic mass is 9.96. The number of ketones is 1. The van der Waals surface area contributed by atoms with Gasteiger partial charge in [0.25, 0.3) is 0 Å². The maximum Gasteiger partial charge on any atom is 0.153 e. The molecule has 0 radical (unpaired) electrons. The summed E-state index contributed by atoms with van der Waals surface area (Å²) in [6.07, 6.45) is 9.82. The van der Waals surface area contributed by atoms with Crippen molar-refractivity contribution in [3.63, 3.8) is 0 Å². The number of hydrogen-bond acceptors (Lipinski definition) is 2. The SMILES string of the molecule is C#CCC(N)C(=O)C1CCCC1. The topological polar surface area (TPSA) is 43.1 Å². The average Bonchev–Trinajstić information content (AvgIpc) is 2.55. The Hall–Kier alpha value is -0.810. The van der Waals surface area contributed by atoms with Crippen molar-refractivity contribution >= 4 is 5.78 Å². The maximum atomic E-state index is 11.5. The summed E-state index contributed by atoms with van der Waals surface area (Å²) in [4.78, 5) is 11.5. The summed E-state index contributed by atoms with van der Waals surface area (Å²) in [6.45, 7) is 0. The monoisotopic (exact) mass is 165 g/mol. The number of terminal acetylenes is 1. The highest BCUT2D eigenvalue weighted by atomic mass is 16.1. The number of nitrogens with two attached hydrogens (primary N) is 1. The minimum Gasteiger partial charge on any atom is -0.321 e. The third kappa shape index (κ3) is 2.09. The Bertz CT molecular complexity index is 198. The van der Waals surface area contributed by atoms with E-state index < -0.39 is 6.04 Å². The molecule has 2 nitrogen and oxygen atoms in total. The fourth-order valence-corrected chi connectivity index (χ4v) is 1.74. The van der Waals surface area contributed by atoms with E-state index in [1.54, 1.807) is 0 Å². The summed E-state index contributed by atoms with van der Waals surface area (Å²) in [5.74, 6) is 2.80. The molecule has 1 aliphatic carbocycles. The molecule has 1 atom stereocenters. The zero-order valence-corrected chi connectivity index (χ0v) is 7.25. The van der Waals surface area contributed by atoms with Crippen molar-refractivity contribution in [2.45, 2.75) is 38.1 Å². The first kappa shape index (κ1) is 9.28. The first-order chi connectivity index (χ1) is 5.75. The molecule has 0 bridgehead atoms. The lowest BCUT2D eigenvalue weighted by Crippen LogP contribution is -2.34. The van der Waals surface area contributed by atoms with E-state index >= 15 is 0 Å². The normalized spacial score (nSPS) is 20.3. The summed E-state index contributed by atoms with van der Waals surface area (Å²) in [6, 6.07) is -0.418. The molecule has 12 heavy (non-hydrogen) atoms. The van der Waals surface area contributed by atoms with E-state index in [0.717, 1.165) is 12.8 Å². The van der Waals surface area contributed by atoms with Gasteiger partial charge in [-0.25, -0.2) is 0 Å². The van der Waals surface area contributed by atoms with Crippen LogP contribution in [0.15, 0.2) is 0 Å². The molecule has 1 fully saturated rings. The second-order valence-corrected chi connectivity index (χ2v) is 3.40. The van der Waals surface area contributed by atoms with Crippen molar-refractivity contribution in [2.75, 3.05) is 0 Å². The van der Waals surface area contributed by atoms with Gasteiger partial charge in [0.15, 0.2) is 5.78 Å². The molecule has 66 valence electrons. The Kier molecular flexibility index (Phi) is 3.31. The molecule has 1 saturated carbocycles. The van der Waals surface area contributed by atoms with Gasteiger partial charge in [0.2, 0.25) is 0 Å². The largest absolute Gasteiger partial charge is 0.321 e. The van der Waals surface area contributed by atoms with Crippen LogP contribution >= 0.6 is 0 Å². The molecule has 0 spiro atoms. The zero-order valence-electron chi connectivity index (χ0n) is 7.25. The molecule has 0 aromatic heterocycles. The average molecular weight is 165 g/mol. The van der Waals surface area contributed by atoms with E-state index in [1.807, 2.05) is 0 Å². The van der Waals surface area contributed by atoms with Gasteiger partial charge in [0.05, 0.1) is 6.04 Å². The molecule has 1 rings (SSSR count). The molecule has 1 aliphatic rings. The molecule has 1 unspecified atom stereocenters. The number of hydrogen-bond donors (Lipinski definition) is 1. The molecule has 0 amide bonds. The second-order valence-electron chi connectivity index (χ2n) is 3.40. The van der Waals surface area contributed by atoms with Crippen LogP contribution in [0.5, 0.6) is 0 Å². The fraction of sp³-hybridized carbons (Fsp3) is 0.700. The lowest BCUT2D eigenvalue weighted by Gasteiger charge is -2.12. The van der Waals surface area contributed by atoms with Gasteiger partial charge in [0, 0.05) is 12.3 Å². The summed E-state index contributed by atoms with van der Waals surface area (Å²) in [5.41, 5.74) is 5.62. The first-order valence-corrected chi connectivity index (χ1v) is 4.48. The summed E-state index contributed by atoms with van der Waals surface area (Å²) >= 11 is 0. The van der Waals surface area contributed by atoms with Crippen molar-refractivity contribution in [3.05, 3.63) is 0 Å². The van der Waals surface area contributed by atoms with Crippen LogP contribution in [0.1, 0.15) is 32.1 Å². The van der Waals surface area contributed by atoms with Crippen molar-refractivity contribution < 1.29 is 4.79 Å². The maximum absolute atomic E-state index is 11.5. The van der Waals surface area contributed by atoms with E-state index in [4.69, 9.17) is 12.2 Å². The molecule has 2 heteroatoms. The van der Waals surface area contributed by atoms with Crippen molar-refractivity contribution in [1.29, 1.82) is 0 Å². The van der Waals surface area contributed by atoms with Gasteiger partial charge in [-0.2, -0.15) is 0 Å². The second kappa shape index (κ2) is 4.27. The Balaban J connectivity index is 2.41. The third-order valence-corrected chi connectivity index (χ3v) is 2.46. The fourth-order valence-electron chi connectivity index (χ4n) is 1.74.